The van der Waals surface area contributed by atoms with E-state index in [9.17, 15) is 9.59 Å². The lowest BCUT2D eigenvalue weighted by atomic mass is 9.94. The zero-order chi connectivity index (χ0) is 15.6. The molecule has 21 heavy (non-hydrogen) atoms. The largest absolute Gasteiger partial charge is 0.464 e. The number of ether oxygens (including phenoxy) is 1. The Kier molecular flexibility index (Phi) is 4.98. The van der Waals surface area contributed by atoms with E-state index < -0.39 is 5.97 Å². The number of methoxy groups -OCH3 is 1. The van der Waals surface area contributed by atoms with Crippen LogP contribution in [0.2, 0.25) is 0 Å². The Hall–Kier alpha value is -1.43. The lowest BCUT2D eigenvalue weighted by Gasteiger charge is -2.20. The number of rotatable bonds is 5. The van der Waals surface area contributed by atoms with Crippen molar-refractivity contribution in [2.75, 3.05) is 12.4 Å². The van der Waals surface area contributed by atoms with Gasteiger partial charge in [-0.3, -0.25) is 4.79 Å². The number of carbonyl (C=O) groups is 2. The highest BCUT2D eigenvalue weighted by Gasteiger charge is 2.32. The number of Topliss-reactive ketones (excluding diaryl/α,β-unsaturated/α-hetero) is 1. The van der Waals surface area contributed by atoms with Gasteiger partial charge in [0.2, 0.25) is 0 Å². The van der Waals surface area contributed by atoms with E-state index in [1.165, 1.54) is 38.2 Å². The van der Waals surface area contributed by atoms with Gasteiger partial charge >= 0.3 is 5.97 Å². The summed E-state index contributed by atoms with van der Waals surface area (Å²) in [7, 11) is 1.30. The van der Waals surface area contributed by atoms with Gasteiger partial charge in [0, 0.05) is 13.0 Å². The van der Waals surface area contributed by atoms with Gasteiger partial charge in [0.05, 0.1) is 7.11 Å². The number of hydrogen-bond donors (Lipinski definition) is 1. The number of aromatic nitrogens is 1. The van der Waals surface area contributed by atoms with E-state index in [-0.39, 0.29) is 11.5 Å². The molecule has 116 valence electrons. The average molecular weight is 310 g/mol. The van der Waals surface area contributed by atoms with Crippen LogP contribution in [-0.2, 0) is 4.74 Å². The third-order valence-electron chi connectivity index (χ3n) is 4.39. The lowest BCUT2D eigenvalue weighted by molar-refractivity contribution is 0.0591. The number of anilines is 1. The van der Waals surface area contributed by atoms with Gasteiger partial charge in [-0.2, -0.15) is 0 Å². The maximum Gasteiger partial charge on any atom is 0.358 e. The zero-order valence-corrected chi connectivity index (χ0v) is 13.8. The summed E-state index contributed by atoms with van der Waals surface area (Å²) in [4.78, 5) is 28.0. The fraction of sp³-hybridized carbons (Fsp3) is 0.667. The number of nitrogens with zero attached hydrogens (tertiary/aromatic N) is 1. The number of esters is 1. The molecular weight excluding hydrogens is 288 g/mol. The van der Waals surface area contributed by atoms with E-state index in [4.69, 9.17) is 4.74 Å². The van der Waals surface area contributed by atoms with E-state index in [2.05, 4.69) is 24.1 Å². The van der Waals surface area contributed by atoms with Crippen molar-refractivity contribution in [1.29, 1.82) is 0 Å². The first-order valence-electron chi connectivity index (χ1n) is 7.34. The number of carbonyl (C=O) groups excluding carboxylic acids is 2. The van der Waals surface area contributed by atoms with Gasteiger partial charge in [-0.25, -0.2) is 9.78 Å². The smallest absolute Gasteiger partial charge is 0.358 e. The van der Waals surface area contributed by atoms with E-state index in [1.54, 1.807) is 0 Å². The standard InChI is InChI=1S/C15H22N2O3S/c1-5-10-6-7-11(8(10)2)16-15-17-12(14(19)20-4)13(21-15)9(3)18/h8,10-11H,5-7H2,1-4H3,(H,16,17). The zero-order valence-electron chi connectivity index (χ0n) is 12.9. The minimum absolute atomic E-state index is 0.121. The Morgan fingerprint density at radius 2 is 2.14 bits per heavy atom. The molecular formula is C15H22N2O3S. The van der Waals surface area contributed by atoms with Gasteiger partial charge in [-0.1, -0.05) is 31.6 Å². The lowest BCUT2D eigenvalue weighted by Crippen LogP contribution is -2.24. The summed E-state index contributed by atoms with van der Waals surface area (Å²) < 4.78 is 4.69. The van der Waals surface area contributed by atoms with E-state index >= 15 is 0 Å². The molecule has 1 aromatic rings. The summed E-state index contributed by atoms with van der Waals surface area (Å²) in [6.45, 7) is 5.91. The first-order valence-corrected chi connectivity index (χ1v) is 8.16. The average Bonchev–Trinajstić information content (AvgIpc) is 3.03. The molecule has 1 heterocycles. The SMILES string of the molecule is CCC1CCC(Nc2nc(C(=O)OC)c(C(C)=O)s2)C1C. The molecule has 0 bridgehead atoms. The van der Waals surface area contributed by atoms with Crippen molar-refractivity contribution < 1.29 is 14.3 Å². The third kappa shape index (κ3) is 3.26. The van der Waals surface area contributed by atoms with Crippen LogP contribution >= 0.6 is 11.3 Å². The molecule has 1 aromatic heterocycles. The Balaban J connectivity index is 2.18. The molecule has 1 fully saturated rings. The normalized spacial score (nSPS) is 24.9. The van der Waals surface area contributed by atoms with Crippen LogP contribution in [0.4, 0.5) is 5.13 Å². The van der Waals surface area contributed by atoms with Gasteiger partial charge in [0.1, 0.15) is 4.88 Å². The highest BCUT2D eigenvalue weighted by atomic mass is 32.1. The van der Waals surface area contributed by atoms with Gasteiger partial charge in [-0.05, 0) is 24.7 Å². The summed E-state index contributed by atoms with van der Waals surface area (Å²) in [5.41, 5.74) is 0.121. The van der Waals surface area contributed by atoms with Gasteiger partial charge in [0.25, 0.3) is 0 Å². The van der Waals surface area contributed by atoms with E-state index in [0.29, 0.717) is 22.0 Å². The maximum atomic E-state index is 11.7. The summed E-state index contributed by atoms with van der Waals surface area (Å²) in [6.07, 6.45) is 3.50. The number of ketones is 1. The van der Waals surface area contributed by atoms with Crippen LogP contribution in [-0.4, -0.2) is 29.9 Å². The Labute approximate surface area is 129 Å². The highest BCUT2D eigenvalue weighted by Crippen LogP contribution is 2.36. The van der Waals surface area contributed by atoms with Crippen LogP contribution in [0.3, 0.4) is 0 Å². The van der Waals surface area contributed by atoms with Crippen LogP contribution in [0.1, 0.15) is 60.2 Å². The maximum absolute atomic E-state index is 11.7. The van der Waals surface area contributed by atoms with Crippen LogP contribution in [0.25, 0.3) is 0 Å². The molecule has 1 N–H and O–H groups in total. The molecule has 1 aliphatic rings. The van der Waals surface area contributed by atoms with Crippen LogP contribution in [0.5, 0.6) is 0 Å². The van der Waals surface area contributed by atoms with Crippen LogP contribution < -0.4 is 5.32 Å². The fourth-order valence-electron chi connectivity index (χ4n) is 3.04. The van der Waals surface area contributed by atoms with Crippen molar-refractivity contribution >= 4 is 28.2 Å². The molecule has 1 aliphatic carbocycles. The predicted molar refractivity (Wildman–Crippen MR) is 83.0 cm³/mol. The molecule has 6 heteroatoms. The molecule has 1 saturated carbocycles. The second kappa shape index (κ2) is 6.56. The quantitative estimate of drug-likeness (QED) is 0.667. The highest BCUT2D eigenvalue weighted by molar-refractivity contribution is 7.17. The molecule has 0 amide bonds. The van der Waals surface area contributed by atoms with Gasteiger partial charge < -0.3 is 10.1 Å². The predicted octanol–water partition coefficient (Wildman–Crippen LogP) is 3.37. The second-order valence-electron chi connectivity index (χ2n) is 5.60. The molecule has 3 atom stereocenters. The Bertz CT molecular complexity index is 541. The van der Waals surface area contributed by atoms with Crippen molar-refractivity contribution in [2.45, 2.75) is 46.1 Å². The third-order valence-corrected chi connectivity index (χ3v) is 5.47. The molecule has 0 radical (unpaired) electrons. The van der Waals surface area contributed by atoms with Crippen molar-refractivity contribution in [2.24, 2.45) is 11.8 Å². The first kappa shape index (κ1) is 15.9. The summed E-state index contributed by atoms with van der Waals surface area (Å²) >= 11 is 1.24. The van der Waals surface area contributed by atoms with Gasteiger partial charge in [0.15, 0.2) is 16.6 Å². The summed E-state index contributed by atoms with van der Waals surface area (Å²) in [5.74, 6) is 0.582. The van der Waals surface area contributed by atoms with E-state index in [1.807, 2.05) is 0 Å². The molecule has 0 aromatic carbocycles. The first-order chi connectivity index (χ1) is 9.97. The molecule has 3 unspecified atom stereocenters. The molecule has 5 nitrogen and oxygen atoms in total. The number of thiazole rings is 1. The number of nitrogens with one attached hydrogen (secondary N) is 1. The molecule has 0 spiro atoms. The summed E-state index contributed by atoms with van der Waals surface area (Å²) in [6, 6.07) is 0.353. The van der Waals surface area contributed by atoms with Crippen LogP contribution in [0.15, 0.2) is 0 Å². The van der Waals surface area contributed by atoms with Crippen molar-refractivity contribution in [3.8, 4) is 0 Å². The fourth-order valence-corrected chi connectivity index (χ4v) is 3.95. The second-order valence-corrected chi connectivity index (χ2v) is 6.60. The Morgan fingerprint density at radius 3 is 2.67 bits per heavy atom. The molecule has 0 saturated heterocycles. The minimum Gasteiger partial charge on any atom is -0.464 e. The van der Waals surface area contributed by atoms with Crippen molar-refractivity contribution in [3.63, 3.8) is 0 Å². The molecule has 0 aliphatic heterocycles. The Morgan fingerprint density at radius 1 is 1.43 bits per heavy atom. The van der Waals surface area contributed by atoms with Gasteiger partial charge in [-0.15, -0.1) is 0 Å². The van der Waals surface area contributed by atoms with E-state index in [0.717, 1.165) is 12.3 Å². The monoisotopic (exact) mass is 310 g/mol. The van der Waals surface area contributed by atoms with Crippen molar-refractivity contribution in [3.05, 3.63) is 10.6 Å². The number of hydrogen-bond acceptors (Lipinski definition) is 6. The van der Waals surface area contributed by atoms with Crippen LogP contribution in [0, 0.1) is 11.8 Å². The minimum atomic E-state index is -0.560. The van der Waals surface area contributed by atoms with Crippen molar-refractivity contribution in [1.82, 2.24) is 4.98 Å². The topological polar surface area (TPSA) is 68.3 Å². The molecule has 2 rings (SSSR count). The summed E-state index contributed by atoms with van der Waals surface area (Å²) in [5, 5.41) is 4.03.